The lowest BCUT2D eigenvalue weighted by atomic mass is 10.1. The van der Waals surface area contributed by atoms with Gasteiger partial charge < -0.3 is 0 Å². The van der Waals surface area contributed by atoms with Crippen LogP contribution in [0.2, 0.25) is 0 Å². The third-order valence-corrected chi connectivity index (χ3v) is 3.51. The van der Waals surface area contributed by atoms with Gasteiger partial charge in [0.25, 0.3) is 0 Å². The summed E-state index contributed by atoms with van der Waals surface area (Å²) in [5.74, 6) is -0.124. The molecule has 0 amide bonds. The summed E-state index contributed by atoms with van der Waals surface area (Å²) in [6, 6.07) is 3.72. The highest BCUT2D eigenvalue weighted by atomic mass is 79.9. The summed E-state index contributed by atoms with van der Waals surface area (Å²) >= 11 is 3.32. The first kappa shape index (κ1) is 12.0. The van der Waals surface area contributed by atoms with Gasteiger partial charge in [-0.3, -0.25) is 0 Å². The molecule has 0 aliphatic heterocycles. The molecule has 1 rings (SSSR count). The molecular formula is C9H10BrClO2S. The zero-order chi connectivity index (χ0) is 10.9. The van der Waals surface area contributed by atoms with Crippen molar-refractivity contribution in [3.63, 3.8) is 0 Å². The number of rotatable bonds is 2. The van der Waals surface area contributed by atoms with Crippen LogP contribution in [0.5, 0.6) is 0 Å². The van der Waals surface area contributed by atoms with E-state index >= 15 is 0 Å². The van der Waals surface area contributed by atoms with Crippen LogP contribution in [0.15, 0.2) is 16.6 Å². The summed E-state index contributed by atoms with van der Waals surface area (Å²) in [4.78, 5) is 0. The van der Waals surface area contributed by atoms with Crippen molar-refractivity contribution >= 4 is 35.7 Å². The Kier molecular flexibility index (Phi) is 3.61. The fourth-order valence-electron chi connectivity index (χ4n) is 1.22. The van der Waals surface area contributed by atoms with Crippen molar-refractivity contribution in [2.45, 2.75) is 19.6 Å². The molecule has 0 unspecified atom stereocenters. The van der Waals surface area contributed by atoms with Gasteiger partial charge in [0.05, 0.1) is 5.75 Å². The summed E-state index contributed by atoms with van der Waals surface area (Å²) in [5.41, 5.74) is 2.76. The Morgan fingerprint density at radius 3 is 2.43 bits per heavy atom. The van der Waals surface area contributed by atoms with Gasteiger partial charge in [-0.1, -0.05) is 15.9 Å². The zero-order valence-corrected chi connectivity index (χ0v) is 11.0. The van der Waals surface area contributed by atoms with Gasteiger partial charge in [-0.25, -0.2) is 8.42 Å². The molecule has 2 nitrogen and oxygen atoms in total. The first-order valence-electron chi connectivity index (χ1n) is 3.97. The summed E-state index contributed by atoms with van der Waals surface area (Å²) in [5, 5.41) is 0. The Labute approximate surface area is 96.8 Å². The molecule has 1 aromatic rings. The van der Waals surface area contributed by atoms with Crippen LogP contribution in [0, 0.1) is 13.8 Å². The monoisotopic (exact) mass is 296 g/mol. The fraction of sp³-hybridized carbons (Fsp3) is 0.333. The number of hydrogen-bond donors (Lipinski definition) is 0. The summed E-state index contributed by atoms with van der Waals surface area (Å²) in [6.07, 6.45) is 0. The van der Waals surface area contributed by atoms with Crippen LogP contribution >= 0.6 is 26.6 Å². The minimum atomic E-state index is -3.48. The van der Waals surface area contributed by atoms with E-state index in [0.717, 1.165) is 21.2 Å². The SMILES string of the molecule is Cc1cc(Br)cc(CS(=O)(=O)Cl)c1C. The maximum absolute atomic E-state index is 10.9. The van der Waals surface area contributed by atoms with Crippen molar-refractivity contribution in [2.75, 3.05) is 0 Å². The van der Waals surface area contributed by atoms with E-state index in [9.17, 15) is 8.42 Å². The molecule has 5 heteroatoms. The third-order valence-electron chi connectivity index (χ3n) is 2.07. The molecule has 0 aliphatic rings. The first-order chi connectivity index (χ1) is 6.29. The lowest BCUT2D eigenvalue weighted by molar-refractivity contribution is 0.608. The predicted octanol–water partition coefficient (Wildman–Crippen LogP) is 3.13. The zero-order valence-electron chi connectivity index (χ0n) is 7.84. The summed E-state index contributed by atoms with van der Waals surface area (Å²) in [6.45, 7) is 3.82. The van der Waals surface area contributed by atoms with Gasteiger partial charge in [0, 0.05) is 15.2 Å². The maximum Gasteiger partial charge on any atom is 0.236 e. The number of aryl methyl sites for hydroxylation is 1. The quantitative estimate of drug-likeness (QED) is 0.786. The molecule has 14 heavy (non-hydrogen) atoms. The van der Waals surface area contributed by atoms with Gasteiger partial charge in [0.1, 0.15) is 0 Å². The molecule has 78 valence electrons. The van der Waals surface area contributed by atoms with Gasteiger partial charge in [0.15, 0.2) is 0 Å². The van der Waals surface area contributed by atoms with Gasteiger partial charge in [0.2, 0.25) is 9.05 Å². The maximum atomic E-state index is 10.9. The minimum Gasteiger partial charge on any atom is -0.212 e. The molecule has 0 atom stereocenters. The molecular weight excluding hydrogens is 288 g/mol. The minimum absolute atomic E-state index is 0.124. The number of hydrogen-bond acceptors (Lipinski definition) is 2. The van der Waals surface area contributed by atoms with E-state index in [4.69, 9.17) is 10.7 Å². The molecule has 0 aromatic heterocycles. The van der Waals surface area contributed by atoms with E-state index in [1.165, 1.54) is 0 Å². The molecule has 1 aromatic carbocycles. The van der Waals surface area contributed by atoms with E-state index in [1.807, 2.05) is 19.9 Å². The van der Waals surface area contributed by atoms with Crippen LogP contribution in [0.1, 0.15) is 16.7 Å². The van der Waals surface area contributed by atoms with Gasteiger partial charge in [-0.15, -0.1) is 0 Å². The van der Waals surface area contributed by atoms with Crippen LogP contribution in [0.3, 0.4) is 0 Å². The van der Waals surface area contributed by atoms with Gasteiger partial charge in [-0.2, -0.15) is 0 Å². The molecule has 0 saturated heterocycles. The highest BCUT2D eigenvalue weighted by Crippen LogP contribution is 2.22. The molecule has 0 saturated carbocycles. The van der Waals surface area contributed by atoms with E-state index in [0.29, 0.717) is 0 Å². The average Bonchev–Trinajstić information content (AvgIpc) is 1.96. The van der Waals surface area contributed by atoms with Gasteiger partial charge in [-0.05, 0) is 42.7 Å². The largest absolute Gasteiger partial charge is 0.236 e. The van der Waals surface area contributed by atoms with E-state index in [1.54, 1.807) is 6.07 Å². The van der Waals surface area contributed by atoms with Crippen molar-refractivity contribution in [3.05, 3.63) is 33.3 Å². The first-order valence-corrected chi connectivity index (χ1v) is 7.24. The van der Waals surface area contributed by atoms with E-state index in [2.05, 4.69) is 15.9 Å². The summed E-state index contributed by atoms with van der Waals surface area (Å²) in [7, 11) is 1.72. The van der Waals surface area contributed by atoms with Crippen LogP contribution < -0.4 is 0 Å². The van der Waals surface area contributed by atoms with Crippen molar-refractivity contribution in [1.82, 2.24) is 0 Å². The Balaban J connectivity index is 3.22. The standard InChI is InChI=1S/C9H10BrClO2S/c1-6-3-9(10)4-8(7(6)2)5-14(11,12)13/h3-4H,5H2,1-2H3. The lowest BCUT2D eigenvalue weighted by Gasteiger charge is -2.07. The molecule has 0 heterocycles. The van der Waals surface area contributed by atoms with E-state index < -0.39 is 9.05 Å². The highest BCUT2D eigenvalue weighted by Gasteiger charge is 2.11. The second-order valence-electron chi connectivity index (χ2n) is 3.19. The van der Waals surface area contributed by atoms with Crippen molar-refractivity contribution in [1.29, 1.82) is 0 Å². The lowest BCUT2D eigenvalue weighted by Crippen LogP contribution is -1.99. The molecule has 0 fully saturated rings. The molecule has 0 aliphatic carbocycles. The smallest absolute Gasteiger partial charge is 0.212 e. The van der Waals surface area contributed by atoms with Crippen molar-refractivity contribution in [3.8, 4) is 0 Å². The second-order valence-corrected chi connectivity index (χ2v) is 6.88. The Bertz CT molecular complexity index is 454. The highest BCUT2D eigenvalue weighted by molar-refractivity contribution is 9.10. The molecule has 0 bridgehead atoms. The Hall–Kier alpha value is -0.0600. The molecule has 0 N–H and O–H groups in total. The summed E-state index contributed by atoms with van der Waals surface area (Å²) < 4.78 is 22.7. The Morgan fingerprint density at radius 1 is 1.36 bits per heavy atom. The number of halogens is 2. The van der Waals surface area contributed by atoms with Crippen LogP contribution in [0.25, 0.3) is 0 Å². The topological polar surface area (TPSA) is 34.1 Å². The average molecular weight is 298 g/mol. The van der Waals surface area contributed by atoms with Crippen LogP contribution in [-0.4, -0.2) is 8.42 Å². The fourth-order valence-corrected chi connectivity index (χ4v) is 2.86. The van der Waals surface area contributed by atoms with E-state index in [-0.39, 0.29) is 5.75 Å². The Morgan fingerprint density at radius 2 is 1.93 bits per heavy atom. The molecule has 0 spiro atoms. The number of benzene rings is 1. The molecule has 0 radical (unpaired) electrons. The second kappa shape index (κ2) is 4.21. The predicted molar refractivity (Wildman–Crippen MR) is 62.1 cm³/mol. The normalized spacial score (nSPS) is 11.7. The van der Waals surface area contributed by atoms with Gasteiger partial charge >= 0.3 is 0 Å². The van der Waals surface area contributed by atoms with Crippen LogP contribution in [0.4, 0.5) is 0 Å². The van der Waals surface area contributed by atoms with Crippen molar-refractivity contribution in [2.24, 2.45) is 0 Å². The van der Waals surface area contributed by atoms with Crippen molar-refractivity contribution < 1.29 is 8.42 Å². The third kappa shape index (κ3) is 3.26. The van der Waals surface area contributed by atoms with Crippen LogP contribution in [-0.2, 0) is 14.8 Å².